The lowest BCUT2D eigenvalue weighted by atomic mass is 10.0. The number of rotatable bonds is 72. The molecule has 0 radical (unpaired) electrons. The molecule has 0 fully saturated rings. The van der Waals surface area contributed by atoms with Crippen LogP contribution in [-0.4, -0.2) is 37.2 Å². The van der Waals surface area contributed by atoms with Crippen molar-refractivity contribution >= 4 is 17.9 Å². The molecule has 6 heteroatoms. The first kappa shape index (κ1) is 81.2. The maximum atomic E-state index is 13.0. The van der Waals surface area contributed by atoms with Gasteiger partial charge in [-0.3, -0.25) is 14.4 Å². The smallest absolute Gasteiger partial charge is 0.306 e. The highest BCUT2D eigenvalue weighted by Crippen LogP contribution is 2.20. The maximum Gasteiger partial charge on any atom is 0.306 e. The molecule has 0 rings (SSSR count). The van der Waals surface area contributed by atoms with Crippen molar-refractivity contribution in [3.8, 4) is 0 Å². The summed E-state index contributed by atoms with van der Waals surface area (Å²) >= 11 is 0. The van der Waals surface area contributed by atoms with E-state index in [4.69, 9.17) is 14.2 Å². The summed E-state index contributed by atoms with van der Waals surface area (Å²) in [6, 6.07) is 0. The molecule has 0 spiro atoms. The number of carbonyl (C=O) groups excluding carboxylic acids is 3. The second-order valence-electron chi connectivity index (χ2n) is 26.3. The van der Waals surface area contributed by atoms with Crippen LogP contribution >= 0.6 is 0 Å². The predicted octanol–water partition coefficient (Wildman–Crippen LogP) is 26.3. The Morgan fingerprint density at radius 2 is 0.398 bits per heavy atom. The normalized spacial score (nSPS) is 12.0. The first-order chi connectivity index (χ1) is 41.0. The molecule has 0 amide bonds. The molecular formula is C77H148O6. The summed E-state index contributed by atoms with van der Waals surface area (Å²) in [5.41, 5.74) is 0. The summed E-state index contributed by atoms with van der Waals surface area (Å²) < 4.78 is 17.0. The summed E-state index contributed by atoms with van der Waals surface area (Å²) in [4.78, 5) is 38.4. The van der Waals surface area contributed by atoms with Crippen LogP contribution in [0.1, 0.15) is 445 Å². The largest absolute Gasteiger partial charge is 0.462 e. The average molecular weight is 1170 g/mol. The van der Waals surface area contributed by atoms with Gasteiger partial charge in [0.2, 0.25) is 0 Å². The van der Waals surface area contributed by atoms with E-state index in [0.29, 0.717) is 19.3 Å². The first-order valence-corrected chi connectivity index (χ1v) is 38.2. The fourth-order valence-electron chi connectivity index (χ4n) is 12.0. The Morgan fingerprint density at radius 3 is 0.602 bits per heavy atom. The number of ether oxygens (including phenoxy) is 3. The zero-order chi connectivity index (χ0) is 59.9. The van der Waals surface area contributed by atoms with Gasteiger partial charge in [0.05, 0.1) is 0 Å². The maximum absolute atomic E-state index is 13.0. The number of unbranched alkanes of at least 4 members (excludes halogenated alkanes) is 59. The lowest BCUT2D eigenvalue weighted by molar-refractivity contribution is -0.167. The zero-order valence-electron chi connectivity index (χ0n) is 56.8. The van der Waals surface area contributed by atoms with E-state index in [1.54, 1.807) is 0 Å². The Balaban J connectivity index is 4.07. The highest BCUT2D eigenvalue weighted by atomic mass is 16.6. The molecule has 0 aromatic rings. The molecule has 0 aromatic carbocycles. The number of hydrogen-bond acceptors (Lipinski definition) is 6. The molecule has 0 bridgehead atoms. The summed E-state index contributed by atoms with van der Waals surface area (Å²) in [5.74, 6) is -0.822. The van der Waals surface area contributed by atoms with Crippen LogP contribution in [0.3, 0.4) is 0 Å². The van der Waals surface area contributed by atoms with Crippen LogP contribution in [0.5, 0.6) is 0 Å². The highest BCUT2D eigenvalue weighted by molar-refractivity contribution is 5.71. The van der Waals surface area contributed by atoms with E-state index in [-0.39, 0.29) is 31.1 Å². The van der Waals surface area contributed by atoms with E-state index in [1.165, 1.54) is 347 Å². The molecule has 0 N–H and O–H groups in total. The highest BCUT2D eigenvalue weighted by Gasteiger charge is 2.20. The molecule has 0 aromatic heterocycles. The van der Waals surface area contributed by atoms with Crippen LogP contribution in [0, 0.1) is 0 Å². The Labute approximate surface area is 520 Å². The van der Waals surface area contributed by atoms with Crippen molar-refractivity contribution in [2.75, 3.05) is 13.2 Å². The van der Waals surface area contributed by atoms with Gasteiger partial charge >= 0.3 is 17.9 Å². The number of allylic oxidation sites excluding steroid dienone is 2. The molecule has 0 saturated heterocycles. The first-order valence-electron chi connectivity index (χ1n) is 38.2. The Bertz CT molecular complexity index is 1300. The third kappa shape index (κ3) is 70.8. The Morgan fingerprint density at radius 1 is 0.229 bits per heavy atom. The fraction of sp³-hybridized carbons (Fsp3) is 0.935. The van der Waals surface area contributed by atoms with Crippen LogP contribution < -0.4 is 0 Å². The van der Waals surface area contributed by atoms with Gasteiger partial charge in [-0.25, -0.2) is 0 Å². The monoisotopic (exact) mass is 1170 g/mol. The van der Waals surface area contributed by atoms with E-state index in [1.807, 2.05) is 0 Å². The van der Waals surface area contributed by atoms with Gasteiger partial charge in [0.25, 0.3) is 0 Å². The minimum atomic E-state index is -0.765. The molecule has 0 aliphatic heterocycles. The van der Waals surface area contributed by atoms with Gasteiger partial charge in [-0.05, 0) is 44.9 Å². The van der Waals surface area contributed by atoms with Gasteiger partial charge < -0.3 is 14.2 Å². The molecule has 0 heterocycles. The van der Waals surface area contributed by atoms with Crippen LogP contribution in [0.15, 0.2) is 12.2 Å². The van der Waals surface area contributed by atoms with Crippen molar-refractivity contribution in [2.24, 2.45) is 0 Å². The van der Waals surface area contributed by atoms with Gasteiger partial charge in [0.15, 0.2) is 6.10 Å². The second-order valence-corrected chi connectivity index (χ2v) is 26.3. The molecule has 1 atom stereocenters. The van der Waals surface area contributed by atoms with Crippen molar-refractivity contribution in [1.29, 1.82) is 0 Å². The SMILES string of the molecule is CCCCCCCCCC/C=C\CCCCCCCCCCCCCCCCCCCCCCCC(=O)OCC(COC(=O)CCCCCCCCCCCCCC)OC(=O)CCCCCCCCCCCCCCCCCCCCCC. The third-order valence-electron chi connectivity index (χ3n) is 17.8. The third-order valence-corrected chi connectivity index (χ3v) is 17.8. The fourth-order valence-corrected chi connectivity index (χ4v) is 12.0. The number of hydrogen-bond donors (Lipinski definition) is 0. The van der Waals surface area contributed by atoms with Gasteiger partial charge in [-0.1, -0.05) is 392 Å². The summed E-state index contributed by atoms with van der Waals surface area (Å²) in [6.45, 7) is 6.73. The van der Waals surface area contributed by atoms with E-state index in [2.05, 4.69) is 32.9 Å². The minimum absolute atomic E-state index is 0.0615. The van der Waals surface area contributed by atoms with E-state index in [0.717, 1.165) is 57.8 Å². The Hall–Kier alpha value is -1.85. The van der Waals surface area contributed by atoms with E-state index in [9.17, 15) is 14.4 Å². The van der Waals surface area contributed by atoms with Crippen molar-refractivity contribution in [2.45, 2.75) is 451 Å². The van der Waals surface area contributed by atoms with Crippen molar-refractivity contribution in [3.63, 3.8) is 0 Å². The molecule has 0 aliphatic rings. The van der Waals surface area contributed by atoms with Crippen LogP contribution in [0.4, 0.5) is 0 Å². The summed E-state index contributed by atoms with van der Waals surface area (Å²) in [7, 11) is 0. The summed E-state index contributed by atoms with van der Waals surface area (Å²) in [6.07, 6.45) is 88.5. The van der Waals surface area contributed by atoms with Gasteiger partial charge in [-0.15, -0.1) is 0 Å². The zero-order valence-corrected chi connectivity index (χ0v) is 56.8. The van der Waals surface area contributed by atoms with Crippen molar-refractivity contribution in [3.05, 3.63) is 12.2 Å². The number of esters is 3. The molecule has 1 unspecified atom stereocenters. The molecule has 0 saturated carbocycles. The lowest BCUT2D eigenvalue weighted by Crippen LogP contribution is -2.30. The van der Waals surface area contributed by atoms with Crippen molar-refractivity contribution in [1.82, 2.24) is 0 Å². The standard InChI is InChI=1S/C77H148O6/c1-4-7-10-13-16-19-22-25-27-29-31-33-34-35-36-37-38-39-40-41-42-43-44-45-47-48-50-52-55-58-61-64-67-70-76(79)82-73-74(72-81-75(78)69-66-63-60-57-54-24-21-18-15-12-9-6-3)83-77(80)71-68-65-62-59-56-53-51-49-46-32-30-28-26-23-20-17-14-11-8-5-2/h29,31,74H,4-28,30,32-73H2,1-3H3/b31-29-. The quantitative estimate of drug-likeness (QED) is 0.0261. The molecule has 83 heavy (non-hydrogen) atoms. The average Bonchev–Trinajstić information content (AvgIpc) is 3.49. The van der Waals surface area contributed by atoms with Crippen LogP contribution in [0.25, 0.3) is 0 Å². The van der Waals surface area contributed by atoms with E-state index < -0.39 is 6.10 Å². The molecule has 6 nitrogen and oxygen atoms in total. The van der Waals surface area contributed by atoms with Gasteiger partial charge in [0, 0.05) is 19.3 Å². The molecular weight excluding hydrogens is 1020 g/mol. The van der Waals surface area contributed by atoms with Gasteiger partial charge in [-0.2, -0.15) is 0 Å². The minimum Gasteiger partial charge on any atom is -0.462 e. The Kier molecular flexibility index (Phi) is 71.0. The second kappa shape index (κ2) is 72.6. The van der Waals surface area contributed by atoms with Gasteiger partial charge in [0.1, 0.15) is 13.2 Å². The van der Waals surface area contributed by atoms with Crippen molar-refractivity contribution < 1.29 is 28.6 Å². The molecule has 0 aliphatic carbocycles. The molecule has 492 valence electrons. The topological polar surface area (TPSA) is 78.9 Å². The summed E-state index contributed by atoms with van der Waals surface area (Å²) in [5, 5.41) is 0. The van der Waals surface area contributed by atoms with Crippen LogP contribution in [0.2, 0.25) is 0 Å². The predicted molar refractivity (Wildman–Crippen MR) is 363 cm³/mol. The van der Waals surface area contributed by atoms with E-state index >= 15 is 0 Å². The lowest BCUT2D eigenvalue weighted by Gasteiger charge is -2.18. The number of carbonyl (C=O) groups is 3. The van der Waals surface area contributed by atoms with Crippen LogP contribution in [-0.2, 0) is 28.6 Å².